The number of nitrogens with two attached hydrogens (primary N) is 1. The minimum Gasteiger partial charge on any atom is -0.481 e. The normalized spacial score (nSPS) is 26.1. The number of carboxylic acid groups (broad SMARTS) is 1. The molecule has 0 aromatic heterocycles. The SMILES string of the molecule is CCCC1(C(=O)O)CCCN(CCS(N)(=O)=O)C1. The molecule has 7 heteroatoms. The van der Waals surface area contributed by atoms with Crippen LogP contribution in [-0.4, -0.2) is 49.8 Å². The Morgan fingerprint density at radius 2 is 2.17 bits per heavy atom. The molecule has 0 aromatic carbocycles. The number of aliphatic carboxylic acids is 1. The molecule has 0 saturated carbocycles. The lowest BCUT2D eigenvalue weighted by atomic mass is 9.76. The van der Waals surface area contributed by atoms with E-state index >= 15 is 0 Å². The Hall–Kier alpha value is -0.660. The van der Waals surface area contributed by atoms with Gasteiger partial charge >= 0.3 is 5.97 Å². The Kier molecular flexibility index (Phi) is 5.12. The largest absolute Gasteiger partial charge is 0.481 e. The van der Waals surface area contributed by atoms with Crippen molar-refractivity contribution in [2.45, 2.75) is 32.6 Å². The van der Waals surface area contributed by atoms with E-state index < -0.39 is 21.4 Å². The Morgan fingerprint density at radius 1 is 1.50 bits per heavy atom. The molecule has 1 rings (SSSR count). The second-order valence-electron chi connectivity index (χ2n) is 5.08. The molecular formula is C11H22N2O4S. The van der Waals surface area contributed by atoms with Gasteiger partial charge < -0.3 is 10.0 Å². The van der Waals surface area contributed by atoms with Gasteiger partial charge in [-0.3, -0.25) is 4.79 Å². The van der Waals surface area contributed by atoms with Crippen LogP contribution in [0.25, 0.3) is 0 Å². The van der Waals surface area contributed by atoms with E-state index in [4.69, 9.17) is 5.14 Å². The van der Waals surface area contributed by atoms with Crippen LogP contribution in [0.4, 0.5) is 0 Å². The average Bonchev–Trinajstić information content (AvgIpc) is 2.26. The fourth-order valence-electron chi connectivity index (χ4n) is 2.64. The van der Waals surface area contributed by atoms with Crippen LogP contribution in [0.15, 0.2) is 0 Å². The van der Waals surface area contributed by atoms with Gasteiger partial charge in [0.25, 0.3) is 0 Å². The number of piperidine rings is 1. The summed E-state index contributed by atoms with van der Waals surface area (Å²) < 4.78 is 21.9. The van der Waals surface area contributed by atoms with Crippen LogP contribution in [0, 0.1) is 5.41 Å². The number of hydrogen-bond acceptors (Lipinski definition) is 4. The second kappa shape index (κ2) is 5.99. The molecule has 1 atom stereocenters. The van der Waals surface area contributed by atoms with Gasteiger partial charge in [0.1, 0.15) is 0 Å². The van der Waals surface area contributed by atoms with Crippen molar-refractivity contribution >= 4 is 16.0 Å². The van der Waals surface area contributed by atoms with Gasteiger partial charge in [-0.05, 0) is 25.8 Å². The lowest BCUT2D eigenvalue weighted by Crippen LogP contribution is -2.49. The number of hydrogen-bond donors (Lipinski definition) is 2. The molecule has 1 aliphatic heterocycles. The van der Waals surface area contributed by atoms with Gasteiger partial charge in [-0.2, -0.15) is 0 Å². The van der Waals surface area contributed by atoms with E-state index in [1.54, 1.807) is 0 Å². The van der Waals surface area contributed by atoms with Gasteiger partial charge in [-0.1, -0.05) is 13.3 Å². The molecule has 0 spiro atoms. The predicted octanol–water partition coefficient (Wildman–Crippen LogP) is 0.242. The van der Waals surface area contributed by atoms with E-state index in [1.807, 2.05) is 11.8 Å². The average molecular weight is 278 g/mol. The third-order valence-electron chi connectivity index (χ3n) is 3.53. The van der Waals surface area contributed by atoms with Crippen LogP contribution >= 0.6 is 0 Å². The van der Waals surface area contributed by atoms with Crippen LogP contribution in [0.5, 0.6) is 0 Å². The maximum absolute atomic E-state index is 11.4. The zero-order valence-electron chi connectivity index (χ0n) is 10.8. The summed E-state index contributed by atoms with van der Waals surface area (Å²) in [6.45, 7) is 3.45. The summed E-state index contributed by atoms with van der Waals surface area (Å²) in [4.78, 5) is 13.3. The summed E-state index contributed by atoms with van der Waals surface area (Å²) in [5, 5.41) is 14.4. The lowest BCUT2D eigenvalue weighted by Gasteiger charge is -2.39. The number of primary sulfonamides is 1. The highest BCUT2D eigenvalue weighted by molar-refractivity contribution is 7.89. The molecule has 0 bridgehead atoms. The van der Waals surface area contributed by atoms with Gasteiger partial charge in [-0.15, -0.1) is 0 Å². The van der Waals surface area contributed by atoms with Crippen LogP contribution in [0.1, 0.15) is 32.6 Å². The van der Waals surface area contributed by atoms with Crippen molar-refractivity contribution in [3.63, 3.8) is 0 Å². The summed E-state index contributed by atoms with van der Waals surface area (Å²) in [6.07, 6.45) is 2.91. The summed E-state index contributed by atoms with van der Waals surface area (Å²) in [5.41, 5.74) is -0.717. The van der Waals surface area contributed by atoms with Gasteiger partial charge in [0.05, 0.1) is 11.2 Å². The van der Waals surface area contributed by atoms with Crippen molar-refractivity contribution in [2.24, 2.45) is 10.6 Å². The monoisotopic (exact) mass is 278 g/mol. The molecule has 3 N–H and O–H groups in total. The van der Waals surface area contributed by atoms with Gasteiger partial charge in [0, 0.05) is 13.1 Å². The lowest BCUT2D eigenvalue weighted by molar-refractivity contribution is -0.153. The minimum absolute atomic E-state index is 0.116. The number of likely N-dealkylation sites (tertiary alicyclic amines) is 1. The van der Waals surface area contributed by atoms with E-state index in [0.717, 1.165) is 19.4 Å². The van der Waals surface area contributed by atoms with E-state index in [0.29, 0.717) is 25.9 Å². The topological polar surface area (TPSA) is 101 Å². The Labute approximate surface area is 108 Å². The first-order valence-electron chi connectivity index (χ1n) is 6.25. The minimum atomic E-state index is -3.48. The molecule has 0 radical (unpaired) electrons. The molecule has 0 aromatic rings. The summed E-state index contributed by atoms with van der Waals surface area (Å²) >= 11 is 0. The summed E-state index contributed by atoms with van der Waals surface area (Å²) in [5.74, 6) is -0.890. The number of rotatable bonds is 6. The Bertz CT molecular complexity index is 392. The summed E-state index contributed by atoms with van der Waals surface area (Å²) in [6, 6.07) is 0. The predicted molar refractivity (Wildman–Crippen MR) is 68.6 cm³/mol. The molecular weight excluding hydrogens is 256 g/mol. The highest BCUT2D eigenvalue weighted by atomic mass is 32.2. The molecule has 1 aliphatic rings. The highest BCUT2D eigenvalue weighted by Gasteiger charge is 2.41. The second-order valence-corrected chi connectivity index (χ2v) is 6.82. The van der Waals surface area contributed by atoms with Gasteiger partial charge in [-0.25, -0.2) is 13.6 Å². The van der Waals surface area contributed by atoms with E-state index in [-0.39, 0.29) is 5.75 Å². The fraction of sp³-hybridized carbons (Fsp3) is 0.909. The fourth-order valence-corrected chi connectivity index (χ4v) is 3.15. The first-order chi connectivity index (χ1) is 8.29. The van der Waals surface area contributed by atoms with Crippen molar-refractivity contribution < 1.29 is 18.3 Å². The zero-order valence-corrected chi connectivity index (χ0v) is 11.6. The van der Waals surface area contributed by atoms with Crippen molar-refractivity contribution in [3.8, 4) is 0 Å². The van der Waals surface area contributed by atoms with Crippen molar-refractivity contribution in [1.29, 1.82) is 0 Å². The van der Waals surface area contributed by atoms with E-state index in [1.165, 1.54) is 0 Å². The first kappa shape index (κ1) is 15.4. The third-order valence-corrected chi connectivity index (χ3v) is 4.28. The smallest absolute Gasteiger partial charge is 0.310 e. The van der Waals surface area contributed by atoms with E-state index in [2.05, 4.69) is 0 Å². The maximum atomic E-state index is 11.4. The van der Waals surface area contributed by atoms with Crippen molar-refractivity contribution in [3.05, 3.63) is 0 Å². The number of carbonyl (C=O) groups is 1. The molecule has 0 aliphatic carbocycles. The standard InChI is InChI=1S/C11H22N2O4S/c1-2-4-11(10(14)15)5-3-6-13(9-11)7-8-18(12,16)17/h2-9H2,1H3,(H,14,15)(H2,12,16,17). The van der Waals surface area contributed by atoms with Crippen LogP contribution in [0.3, 0.4) is 0 Å². The van der Waals surface area contributed by atoms with Gasteiger partial charge in [0.15, 0.2) is 0 Å². The molecule has 1 unspecified atom stereocenters. The van der Waals surface area contributed by atoms with E-state index in [9.17, 15) is 18.3 Å². The molecule has 6 nitrogen and oxygen atoms in total. The van der Waals surface area contributed by atoms with Gasteiger partial charge in [0.2, 0.25) is 10.0 Å². The molecule has 106 valence electrons. The summed E-state index contributed by atoms with van der Waals surface area (Å²) in [7, 11) is -3.48. The molecule has 1 saturated heterocycles. The number of carboxylic acids is 1. The Balaban J connectivity index is 2.66. The first-order valence-corrected chi connectivity index (χ1v) is 7.97. The molecule has 1 heterocycles. The van der Waals surface area contributed by atoms with Crippen molar-refractivity contribution in [2.75, 3.05) is 25.4 Å². The Morgan fingerprint density at radius 3 is 2.67 bits per heavy atom. The van der Waals surface area contributed by atoms with Crippen molar-refractivity contribution in [1.82, 2.24) is 4.90 Å². The number of nitrogens with zero attached hydrogens (tertiary/aromatic N) is 1. The van der Waals surface area contributed by atoms with Crippen LogP contribution in [0.2, 0.25) is 0 Å². The molecule has 18 heavy (non-hydrogen) atoms. The molecule has 1 fully saturated rings. The highest BCUT2D eigenvalue weighted by Crippen LogP contribution is 2.34. The molecule has 0 amide bonds. The zero-order chi connectivity index (χ0) is 13.8. The third kappa shape index (κ3) is 4.22. The van der Waals surface area contributed by atoms with Crippen LogP contribution < -0.4 is 5.14 Å². The quantitative estimate of drug-likeness (QED) is 0.725. The number of sulfonamides is 1. The maximum Gasteiger partial charge on any atom is 0.310 e. The van der Waals surface area contributed by atoms with Crippen LogP contribution in [-0.2, 0) is 14.8 Å².